The number of hydrogen-bond acceptors (Lipinski definition) is 3. The van der Waals surface area contributed by atoms with Crippen molar-refractivity contribution in [3.63, 3.8) is 0 Å². The summed E-state index contributed by atoms with van der Waals surface area (Å²) in [6, 6.07) is 34.6. The van der Waals surface area contributed by atoms with E-state index in [1.165, 1.54) is 0 Å². The molecule has 0 aliphatic carbocycles. The monoisotopic (exact) mass is 492 g/mol. The molecule has 4 nitrogen and oxygen atoms in total. The van der Waals surface area contributed by atoms with E-state index in [-0.39, 0.29) is 0 Å². The minimum atomic E-state index is -3.80. The maximum absolute atomic E-state index is 14.3. The summed E-state index contributed by atoms with van der Waals surface area (Å²) in [5.74, 6) is 0.701. The van der Waals surface area contributed by atoms with E-state index in [1.54, 1.807) is 18.3 Å². The Labute approximate surface area is 212 Å². The van der Waals surface area contributed by atoms with Gasteiger partial charge < -0.3 is 0 Å². The fraction of sp³-hybridized carbons (Fsp3) is 0.129. The van der Waals surface area contributed by atoms with Crippen LogP contribution < -0.4 is 0 Å². The first kappa shape index (κ1) is 23.8. The predicted molar refractivity (Wildman–Crippen MR) is 145 cm³/mol. The van der Waals surface area contributed by atoms with Crippen molar-refractivity contribution >= 4 is 9.84 Å². The van der Waals surface area contributed by atoms with Gasteiger partial charge in [-0.2, -0.15) is 0 Å². The van der Waals surface area contributed by atoms with Crippen LogP contribution in [0.2, 0.25) is 0 Å². The minimum absolute atomic E-state index is 0.298. The summed E-state index contributed by atoms with van der Waals surface area (Å²) in [4.78, 5) is 5.06. The summed E-state index contributed by atoms with van der Waals surface area (Å²) in [6.07, 6.45) is 2.56. The molecule has 0 amide bonds. The summed E-state index contributed by atoms with van der Waals surface area (Å²) in [6.45, 7) is 4.09. The SMILES string of the molecule is CCc1ccc(S(=O)(=O)[C@H](c2ccccc2)c2cnc(-c3ccccc3)n2-c2ccc(C)cc2)cc1. The zero-order valence-electron chi connectivity index (χ0n) is 20.4. The molecule has 0 bridgehead atoms. The Morgan fingerprint density at radius 1 is 0.778 bits per heavy atom. The van der Waals surface area contributed by atoms with Crippen molar-refractivity contribution < 1.29 is 8.42 Å². The van der Waals surface area contributed by atoms with Gasteiger partial charge in [-0.1, -0.05) is 97.4 Å². The van der Waals surface area contributed by atoms with Gasteiger partial charge in [-0.05, 0) is 48.7 Å². The number of sulfone groups is 1. The normalized spacial score (nSPS) is 12.4. The zero-order valence-corrected chi connectivity index (χ0v) is 21.2. The molecule has 180 valence electrons. The third-order valence-corrected chi connectivity index (χ3v) is 8.52. The van der Waals surface area contributed by atoms with Gasteiger partial charge in [0.1, 0.15) is 11.1 Å². The fourth-order valence-electron chi connectivity index (χ4n) is 4.49. The van der Waals surface area contributed by atoms with Crippen LogP contribution in [0.3, 0.4) is 0 Å². The van der Waals surface area contributed by atoms with Crippen molar-refractivity contribution in [3.8, 4) is 17.1 Å². The average Bonchev–Trinajstić information content (AvgIpc) is 3.34. The molecule has 5 heteroatoms. The van der Waals surface area contributed by atoms with Gasteiger partial charge in [-0.15, -0.1) is 0 Å². The van der Waals surface area contributed by atoms with Crippen LogP contribution in [0, 0.1) is 6.92 Å². The number of rotatable bonds is 7. The van der Waals surface area contributed by atoms with E-state index >= 15 is 0 Å². The lowest BCUT2D eigenvalue weighted by atomic mass is 10.1. The maximum atomic E-state index is 14.3. The molecule has 5 aromatic rings. The van der Waals surface area contributed by atoms with Crippen molar-refractivity contribution in [3.05, 3.63) is 138 Å². The highest BCUT2D eigenvalue weighted by molar-refractivity contribution is 7.91. The largest absolute Gasteiger partial charge is 0.295 e. The molecule has 0 radical (unpaired) electrons. The highest BCUT2D eigenvalue weighted by Crippen LogP contribution is 2.38. The molecule has 36 heavy (non-hydrogen) atoms. The Morgan fingerprint density at radius 2 is 1.39 bits per heavy atom. The summed E-state index contributed by atoms with van der Waals surface area (Å²) in [5, 5.41) is -0.933. The first-order valence-electron chi connectivity index (χ1n) is 12.1. The van der Waals surface area contributed by atoms with Gasteiger partial charge in [0, 0.05) is 11.3 Å². The van der Waals surface area contributed by atoms with Crippen LogP contribution in [0.5, 0.6) is 0 Å². The van der Waals surface area contributed by atoms with E-state index in [2.05, 4.69) is 6.92 Å². The van der Waals surface area contributed by atoms with Crippen LogP contribution in [0.1, 0.15) is 34.6 Å². The number of aromatic nitrogens is 2. The number of imidazole rings is 1. The second-order valence-corrected chi connectivity index (χ2v) is 10.9. The highest BCUT2D eigenvalue weighted by Gasteiger charge is 2.34. The molecule has 0 aliphatic rings. The number of hydrogen-bond donors (Lipinski definition) is 0. The smallest absolute Gasteiger partial charge is 0.191 e. The molecule has 0 N–H and O–H groups in total. The van der Waals surface area contributed by atoms with Crippen molar-refractivity contribution in [1.82, 2.24) is 9.55 Å². The molecule has 1 heterocycles. The second-order valence-electron chi connectivity index (χ2n) is 8.88. The molecule has 0 spiro atoms. The lowest BCUT2D eigenvalue weighted by molar-refractivity contribution is 0.587. The molecule has 0 fully saturated rings. The Balaban J connectivity index is 1.77. The quantitative estimate of drug-likeness (QED) is 0.246. The van der Waals surface area contributed by atoms with Gasteiger partial charge >= 0.3 is 0 Å². The topological polar surface area (TPSA) is 52.0 Å². The van der Waals surface area contributed by atoms with Gasteiger partial charge in [0.25, 0.3) is 0 Å². The summed E-state index contributed by atoms with van der Waals surface area (Å²) < 4.78 is 30.5. The van der Waals surface area contributed by atoms with Crippen molar-refractivity contribution in [2.24, 2.45) is 0 Å². The highest BCUT2D eigenvalue weighted by atomic mass is 32.2. The van der Waals surface area contributed by atoms with Gasteiger partial charge in [0.2, 0.25) is 0 Å². The molecular formula is C31H28N2O2S. The molecule has 1 aromatic heterocycles. The minimum Gasteiger partial charge on any atom is -0.295 e. The first-order chi connectivity index (χ1) is 17.5. The number of aryl methyl sites for hydroxylation is 2. The van der Waals surface area contributed by atoms with Crippen LogP contribution in [-0.4, -0.2) is 18.0 Å². The molecule has 0 saturated heterocycles. The van der Waals surface area contributed by atoms with Crippen molar-refractivity contribution in [2.75, 3.05) is 0 Å². The van der Waals surface area contributed by atoms with Gasteiger partial charge in [-0.3, -0.25) is 4.57 Å². The Morgan fingerprint density at radius 3 is 2.00 bits per heavy atom. The van der Waals surface area contributed by atoms with E-state index in [1.807, 2.05) is 109 Å². The third kappa shape index (κ3) is 4.50. The standard InChI is InChI=1S/C31H28N2O2S/c1-3-24-16-20-28(21-17-24)36(34,35)30(25-10-6-4-7-11-25)29-22-32-31(26-12-8-5-9-13-26)33(29)27-18-14-23(2)15-19-27/h4-22,30H,3H2,1-2H3/t30-/m1/s1. The average molecular weight is 493 g/mol. The Kier molecular flexibility index (Phi) is 6.57. The van der Waals surface area contributed by atoms with Crippen LogP contribution in [0.15, 0.2) is 120 Å². The maximum Gasteiger partial charge on any atom is 0.191 e. The summed E-state index contributed by atoms with van der Waals surface area (Å²) in [5.41, 5.74) is 5.31. The van der Waals surface area contributed by atoms with E-state index < -0.39 is 15.1 Å². The van der Waals surface area contributed by atoms with E-state index in [0.717, 1.165) is 28.8 Å². The van der Waals surface area contributed by atoms with Crippen molar-refractivity contribution in [1.29, 1.82) is 0 Å². The molecule has 0 unspecified atom stereocenters. The summed E-state index contributed by atoms with van der Waals surface area (Å²) in [7, 11) is -3.80. The molecule has 5 rings (SSSR count). The molecule has 0 saturated carbocycles. The van der Waals surface area contributed by atoms with Crippen molar-refractivity contribution in [2.45, 2.75) is 30.4 Å². The van der Waals surface area contributed by atoms with Crippen LogP contribution in [-0.2, 0) is 16.3 Å². The molecule has 1 atom stereocenters. The predicted octanol–water partition coefficient (Wildman–Crippen LogP) is 6.97. The van der Waals surface area contributed by atoms with Crippen LogP contribution in [0.4, 0.5) is 0 Å². The van der Waals surface area contributed by atoms with E-state index in [9.17, 15) is 8.42 Å². The summed E-state index contributed by atoms with van der Waals surface area (Å²) >= 11 is 0. The Hall–Kier alpha value is -3.96. The van der Waals surface area contributed by atoms with E-state index in [0.29, 0.717) is 22.0 Å². The number of benzene rings is 4. The zero-order chi connectivity index (χ0) is 25.1. The van der Waals surface area contributed by atoms with Gasteiger partial charge in [-0.25, -0.2) is 13.4 Å². The van der Waals surface area contributed by atoms with Crippen LogP contribution >= 0.6 is 0 Å². The van der Waals surface area contributed by atoms with Gasteiger partial charge in [0.15, 0.2) is 9.84 Å². The van der Waals surface area contributed by atoms with Crippen LogP contribution in [0.25, 0.3) is 17.1 Å². The fourth-order valence-corrected chi connectivity index (χ4v) is 6.28. The van der Waals surface area contributed by atoms with Gasteiger partial charge in [0.05, 0.1) is 16.8 Å². The molecule has 0 aliphatic heterocycles. The third-order valence-electron chi connectivity index (χ3n) is 6.45. The molecule has 4 aromatic carbocycles. The lowest BCUT2D eigenvalue weighted by Crippen LogP contribution is -2.19. The molecular weight excluding hydrogens is 464 g/mol. The Bertz CT molecular complexity index is 1560. The first-order valence-corrected chi connectivity index (χ1v) is 13.6. The lowest BCUT2D eigenvalue weighted by Gasteiger charge is -2.22. The number of nitrogens with zero attached hydrogens (tertiary/aromatic N) is 2. The second kappa shape index (κ2) is 9.96. The van der Waals surface area contributed by atoms with E-state index in [4.69, 9.17) is 4.98 Å².